The fraction of sp³-hybridized carbons (Fsp3) is 0.600. The molecular formula is C15H25NO2. The molecule has 0 saturated heterocycles. The van der Waals surface area contributed by atoms with Gasteiger partial charge in [-0.3, -0.25) is 0 Å². The number of benzene rings is 1. The lowest BCUT2D eigenvalue weighted by atomic mass is 9.73. The van der Waals surface area contributed by atoms with Crippen molar-refractivity contribution in [3.05, 3.63) is 29.8 Å². The number of hydrogen-bond acceptors (Lipinski definition) is 3. The largest absolute Gasteiger partial charge is 0.497 e. The Morgan fingerprint density at radius 1 is 1.33 bits per heavy atom. The first kappa shape index (κ1) is 15.0. The lowest BCUT2D eigenvalue weighted by Crippen LogP contribution is -2.35. The molecule has 3 heteroatoms. The van der Waals surface area contributed by atoms with E-state index in [0.717, 1.165) is 31.4 Å². The standard InChI is InChI=1S/C15H25NO2/c1-3-8-15(12-16,9-5-10-17)13-6-4-7-14(11-13)18-2/h4,6-7,11,17H,3,5,8-10,12,16H2,1-2H3. The molecule has 0 aliphatic carbocycles. The molecule has 1 atom stereocenters. The quantitative estimate of drug-likeness (QED) is 0.746. The summed E-state index contributed by atoms with van der Waals surface area (Å²) in [6, 6.07) is 8.14. The van der Waals surface area contributed by atoms with Gasteiger partial charge in [0.05, 0.1) is 7.11 Å². The zero-order chi connectivity index (χ0) is 13.4. The molecule has 0 aliphatic rings. The van der Waals surface area contributed by atoms with Crippen molar-refractivity contribution in [1.29, 1.82) is 0 Å². The van der Waals surface area contributed by atoms with Crippen molar-refractivity contribution in [2.45, 2.75) is 38.0 Å². The van der Waals surface area contributed by atoms with Crippen LogP contribution in [0.2, 0.25) is 0 Å². The molecule has 0 heterocycles. The van der Waals surface area contributed by atoms with Crippen LogP contribution in [0.25, 0.3) is 0 Å². The van der Waals surface area contributed by atoms with Crippen LogP contribution in [0, 0.1) is 0 Å². The topological polar surface area (TPSA) is 55.5 Å². The SMILES string of the molecule is CCCC(CN)(CCCO)c1cccc(OC)c1. The summed E-state index contributed by atoms with van der Waals surface area (Å²) in [5.41, 5.74) is 7.22. The molecule has 3 N–H and O–H groups in total. The second-order valence-electron chi connectivity index (χ2n) is 4.79. The van der Waals surface area contributed by atoms with Crippen molar-refractivity contribution in [3.63, 3.8) is 0 Å². The third-order valence-electron chi connectivity index (χ3n) is 3.61. The van der Waals surface area contributed by atoms with Crippen molar-refractivity contribution < 1.29 is 9.84 Å². The number of aliphatic hydroxyl groups excluding tert-OH is 1. The van der Waals surface area contributed by atoms with Gasteiger partial charge in [0.15, 0.2) is 0 Å². The van der Waals surface area contributed by atoms with Crippen LogP contribution in [0.3, 0.4) is 0 Å². The van der Waals surface area contributed by atoms with Gasteiger partial charge in [0.2, 0.25) is 0 Å². The molecule has 1 rings (SSSR count). The molecule has 0 aliphatic heterocycles. The minimum absolute atomic E-state index is 0.0357. The van der Waals surface area contributed by atoms with Gasteiger partial charge in [-0.2, -0.15) is 0 Å². The molecule has 0 radical (unpaired) electrons. The highest BCUT2D eigenvalue weighted by atomic mass is 16.5. The first-order chi connectivity index (χ1) is 8.72. The predicted octanol–water partition coefficient (Wildman–Crippen LogP) is 2.46. The number of rotatable bonds is 8. The smallest absolute Gasteiger partial charge is 0.119 e. The lowest BCUT2D eigenvalue weighted by molar-refractivity contribution is 0.254. The fourth-order valence-corrected chi connectivity index (χ4v) is 2.58. The van der Waals surface area contributed by atoms with E-state index >= 15 is 0 Å². The Labute approximate surface area is 110 Å². The molecule has 0 saturated carbocycles. The van der Waals surface area contributed by atoms with E-state index < -0.39 is 0 Å². The maximum Gasteiger partial charge on any atom is 0.119 e. The van der Waals surface area contributed by atoms with Gasteiger partial charge in [0.1, 0.15) is 5.75 Å². The molecule has 102 valence electrons. The summed E-state index contributed by atoms with van der Waals surface area (Å²) in [6.07, 6.45) is 3.83. The highest BCUT2D eigenvalue weighted by Crippen LogP contribution is 2.35. The van der Waals surface area contributed by atoms with Crippen molar-refractivity contribution in [2.24, 2.45) is 5.73 Å². The molecule has 0 aromatic heterocycles. The van der Waals surface area contributed by atoms with Gasteiger partial charge >= 0.3 is 0 Å². The molecule has 1 aromatic rings. The molecular weight excluding hydrogens is 226 g/mol. The van der Waals surface area contributed by atoms with Crippen LogP contribution >= 0.6 is 0 Å². The van der Waals surface area contributed by atoms with Gasteiger partial charge in [-0.15, -0.1) is 0 Å². The van der Waals surface area contributed by atoms with E-state index in [9.17, 15) is 0 Å². The maximum atomic E-state index is 9.08. The van der Waals surface area contributed by atoms with Gasteiger partial charge < -0.3 is 15.6 Å². The van der Waals surface area contributed by atoms with Crippen LogP contribution < -0.4 is 10.5 Å². The summed E-state index contributed by atoms with van der Waals surface area (Å²) in [5.74, 6) is 0.866. The van der Waals surface area contributed by atoms with Gasteiger partial charge in [-0.1, -0.05) is 25.5 Å². The van der Waals surface area contributed by atoms with Gasteiger partial charge in [-0.05, 0) is 37.0 Å². The van der Waals surface area contributed by atoms with Gasteiger partial charge in [0.25, 0.3) is 0 Å². The van der Waals surface area contributed by atoms with E-state index in [0.29, 0.717) is 6.54 Å². The molecule has 1 unspecified atom stereocenters. The zero-order valence-electron chi connectivity index (χ0n) is 11.5. The normalized spacial score (nSPS) is 14.2. The van der Waals surface area contributed by atoms with Crippen LogP contribution in [-0.4, -0.2) is 25.4 Å². The number of nitrogens with two attached hydrogens (primary N) is 1. The van der Waals surface area contributed by atoms with Crippen molar-refractivity contribution >= 4 is 0 Å². The van der Waals surface area contributed by atoms with E-state index in [1.165, 1.54) is 5.56 Å². The van der Waals surface area contributed by atoms with Crippen LogP contribution in [0.15, 0.2) is 24.3 Å². The summed E-state index contributed by atoms with van der Waals surface area (Å²) in [5, 5.41) is 9.08. The molecule has 3 nitrogen and oxygen atoms in total. The van der Waals surface area contributed by atoms with Crippen LogP contribution in [-0.2, 0) is 5.41 Å². The van der Waals surface area contributed by atoms with Crippen molar-refractivity contribution in [3.8, 4) is 5.75 Å². The zero-order valence-corrected chi connectivity index (χ0v) is 11.5. The average molecular weight is 251 g/mol. The molecule has 0 spiro atoms. The summed E-state index contributed by atoms with van der Waals surface area (Å²) < 4.78 is 5.29. The van der Waals surface area contributed by atoms with Crippen molar-refractivity contribution in [2.75, 3.05) is 20.3 Å². The Kier molecular flexibility index (Phi) is 6.16. The van der Waals surface area contributed by atoms with E-state index in [1.54, 1.807) is 7.11 Å². The first-order valence-corrected chi connectivity index (χ1v) is 6.68. The highest BCUT2D eigenvalue weighted by molar-refractivity contribution is 5.34. The van der Waals surface area contributed by atoms with Crippen LogP contribution in [0.4, 0.5) is 0 Å². The molecule has 0 bridgehead atoms. The van der Waals surface area contributed by atoms with E-state index in [1.807, 2.05) is 12.1 Å². The monoisotopic (exact) mass is 251 g/mol. The van der Waals surface area contributed by atoms with E-state index in [4.69, 9.17) is 15.6 Å². The Morgan fingerprint density at radius 3 is 2.67 bits per heavy atom. The molecule has 0 fully saturated rings. The predicted molar refractivity (Wildman–Crippen MR) is 75.0 cm³/mol. The lowest BCUT2D eigenvalue weighted by Gasteiger charge is -2.33. The maximum absolute atomic E-state index is 9.08. The highest BCUT2D eigenvalue weighted by Gasteiger charge is 2.29. The van der Waals surface area contributed by atoms with Crippen LogP contribution in [0.1, 0.15) is 38.2 Å². The first-order valence-electron chi connectivity index (χ1n) is 6.68. The number of aliphatic hydroxyl groups is 1. The summed E-state index contributed by atoms with van der Waals surface area (Å²) in [4.78, 5) is 0. The minimum atomic E-state index is -0.0357. The van der Waals surface area contributed by atoms with Crippen molar-refractivity contribution in [1.82, 2.24) is 0 Å². The molecule has 0 amide bonds. The Balaban J connectivity index is 3.05. The summed E-state index contributed by atoms with van der Waals surface area (Å²) in [6.45, 7) is 2.99. The number of methoxy groups -OCH3 is 1. The van der Waals surface area contributed by atoms with Gasteiger partial charge in [-0.25, -0.2) is 0 Å². The molecule has 1 aromatic carbocycles. The Bertz CT molecular complexity index is 354. The summed E-state index contributed by atoms with van der Waals surface area (Å²) >= 11 is 0. The average Bonchev–Trinajstić information content (AvgIpc) is 2.43. The second-order valence-corrected chi connectivity index (χ2v) is 4.79. The Morgan fingerprint density at radius 2 is 2.11 bits per heavy atom. The van der Waals surface area contributed by atoms with E-state index in [-0.39, 0.29) is 12.0 Å². The van der Waals surface area contributed by atoms with Gasteiger partial charge in [0, 0.05) is 18.6 Å². The Hall–Kier alpha value is -1.06. The third-order valence-corrected chi connectivity index (χ3v) is 3.61. The molecule has 18 heavy (non-hydrogen) atoms. The minimum Gasteiger partial charge on any atom is -0.497 e. The third kappa shape index (κ3) is 3.47. The summed E-state index contributed by atoms with van der Waals surface area (Å²) in [7, 11) is 1.68. The van der Waals surface area contributed by atoms with Crippen LogP contribution in [0.5, 0.6) is 5.75 Å². The number of ether oxygens (including phenoxy) is 1. The fourth-order valence-electron chi connectivity index (χ4n) is 2.58. The second kappa shape index (κ2) is 7.39. The van der Waals surface area contributed by atoms with E-state index in [2.05, 4.69) is 19.1 Å². The number of hydrogen-bond donors (Lipinski definition) is 2.